The average molecular weight is 373 g/mol. The minimum Gasteiger partial charge on any atom is -0.383 e. The van der Waals surface area contributed by atoms with Crippen LogP contribution in [-0.4, -0.2) is 5.11 Å². The lowest BCUT2D eigenvalue weighted by atomic mass is 10.1. The molecule has 3 aromatic rings. The maximum atomic E-state index is 14.0. The average Bonchev–Trinajstić information content (AvgIpc) is 2.86. The van der Waals surface area contributed by atoms with E-state index in [1.165, 1.54) is 35.6 Å². The van der Waals surface area contributed by atoms with E-state index in [0.29, 0.717) is 10.3 Å². The van der Waals surface area contributed by atoms with Gasteiger partial charge in [-0.15, -0.1) is 11.3 Å². The van der Waals surface area contributed by atoms with Crippen molar-refractivity contribution in [2.24, 2.45) is 0 Å². The molecule has 0 bridgehead atoms. The molecule has 0 aliphatic rings. The third kappa shape index (κ3) is 2.59. The highest BCUT2D eigenvalue weighted by Crippen LogP contribution is 2.36. The minimum atomic E-state index is -1.44. The van der Waals surface area contributed by atoms with E-state index in [1.807, 2.05) is 0 Å². The first kappa shape index (κ1) is 14.6. The number of hydrogen-bond acceptors (Lipinski definition) is 2. The summed E-state index contributed by atoms with van der Waals surface area (Å²) in [6.45, 7) is 0. The van der Waals surface area contributed by atoms with E-state index < -0.39 is 29.1 Å². The van der Waals surface area contributed by atoms with Crippen LogP contribution in [0.4, 0.5) is 13.2 Å². The van der Waals surface area contributed by atoms with Gasteiger partial charge in [0.05, 0.1) is 10.0 Å². The standard InChI is InChI=1S/C15H8BrF3OS/c16-9-2-3-10(18)13(14(9)19)15(20)12-6-7-5-8(17)1-4-11(7)21-12/h1-6,15,20H. The maximum absolute atomic E-state index is 14.0. The Labute approximate surface area is 130 Å². The first-order valence-electron chi connectivity index (χ1n) is 5.98. The second-order valence-electron chi connectivity index (χ2n) is 4.49. The smallest absolute Gasteiger partial charge is 0.146 e. The highest BCUT2D eigenvalue weighted by molar-refractivity contribution is 9.10. The number of rotatable bonds is 2. The number of aliphatic hydroxyl groups is 1. The van der Waals surface area contributed by atoms with Crippen molar-refractivity contribution in [1.29, 1.82) is 0 Å². The molecule has 6 heteroatoms. The summed E-state index contributed by atoms with van der Waals surface area (Å²) in [5.74, 6) is -2.07. The molecule has 0 aliphatic heterocycles. The van der Waals surface area contributed by atoms with Crippen molar-refractivity contribution in [2.75, 3.05) is 0 Å². The molecule has 1 aromatic heterocycles. The molecule has 1 atom stereocenters. The van der Waals surface area contributed by atoms with Crippen LogP contribution in [0.2, 0.25) is 0 Å². The van der Waals surface area contributed by atoms with Gasteiger partial charge in [-0.1, -0.05) is 0 Å². The lowest BCUT2D eigenvalue weighted by molar-refractivity contribution is 0.212. The first-order chi connectivity index (χ1) is 9.97. The van der Waals surface area contributed by atoms with Crippen LogP contribution in [0.25, 0.3) is 10.1 Å². The molecule has 0 fully saturated rings. The molecule has 21 heavy (non-hydrogen) atoms. The van der Waals surface area contributed by atoms with E-state index in [9.17, 15) is 18.3 Å². The van der Waals surface area contributed by atoms with Crippen LogP contribution in [0, 0.1) is 17.5 Å². The fourth-order valence-electron chi connectivity index (χ4n) is 2.11. The third-order valence-electron chi connectivity index (χ3n) is 3.12. The van der Waals surface area contributed by atoms with E-state index >= 15 is 0 Å². The van der Waals surface area contributed by atoms with Gasteiger partial charge in [-0.25, -0.2) is 13.2 Å². The van der Waals surface area contributed by atoms with Crippen LogP contribution in [0.3, 0.4) is 0 Å². The summed E-state index contributed by atoms with van der Waals surface area (Å²) in [4.78, 5) is 0.353. The van der Waals surface area contributed by atoms with Crippen LogP contribution in [0.1, 0.15) is 16.5 Å². The van der Waals surface area contributed by atoms with Gasteiger partial charge in [-0.2, -0.15) is 0 Å². The lowest BCUT2D eigenvalue weighted by Crippen LogP contribution is -2.04. The molecule has 1 unspecified atom stereocenters. The molecule has 1 heterocycles. The van der Waals surface area contributed by atoms with Gasteiger partial charge in [0.15, 0.2) is 0 Å². The lowest BCUT2D eigenvalue weighted by Gasteiger charge is -2.12. The molecular formula is C15H8BrF3OS. The van der Waals surface area contributed by atoms with Crippen LogP contribution in [0.5, 0.6) is 0 Å². The molecule has 108 valence electrons. The summed E-state index contributed by atoms with van der Waals surface area (Å²) < 4.78 is 41.8. The van der Waals surface area contributed by atoms with Crippen LogP contribution < -0.4 is 0 Å². The molecule has 0 radical (unpaired) electrons. The van der Waals surface area contributed by atoms with Crippen molar-refractivity contribution >= 4 is 37.4 Å². The summed E-state index contributed by atoms with van der Waals surface area (Å²) in [7, 11) is 0. The molecule has 2 aromatic carbocycles. The maximum Gasteiger partial charge on any atom is 0.146 e. The Kier molecular flexibility index (Phi) is 3.77. The SMILES string of the molecule is OC(c1cc2cc(F)ccc2s1)c1c(F)ccc(Br)c1F. The first-order valence-corrected chi connectivity index (χ1v) is 7.59. The summed E-state index contributed by atoms with van der Waals surface area (Å²) in [6, 6.07) is 8.04. The zero-order valence-electron chi connectivity index (χ0n) is 10.4. The number of halogens is 4. The molecule has 0 saturated heterocycles. The van der Waals surface area contributed by atoms with E-state index in [4.69, 9.17) is 0 Å². The highest BCUT2D eigenvalue weighted by Gasteiger charge is 2.23. The fraction of sp³-hybridized carbons (Fsp3) is 0.0667. The molecule has 0 saturated carbocycles. The Morgan fingerprint density at radius 2 is 1.81 bits per heavy atom. The van der Waals surface area contributed by atoms with E-state index in [-0.39, 0.29) is 4.47 Å². The molecule has 3 rings (SSSR count). The zero-order valence-corrected chi connectivity index (χ0v) is 12.8. The summed E-state index contributed by atoms with van der Waals surface area (Å²) in [5, 5.41) is 10.9. The number of hydrogen-bond donors (Lipinski definition) is 1. The molecule has 0 spiro atoms. The van der Waals surface area contributed by atoms with Gasteiger partial charge >= 0.3 is 0 Å². The molecule has 1 nitrogen and oxygen atoms in total. The number of aliphatic hydroxyl groups excluding tert-OH is 1. The highest BCUT2D eigenvalue weighted by atomic mass is 79.9. The van der Waals surface area contributed by atoms with E-state index in [1.54, 1.807) is 6.07 Å². The van der Waals surface area contributed by atoms with Gasteiger partial charge in [-0.05, 0) is 57.7 Å². The predicted octanol–water partition coefficient (Wildman–Crippen LogP) is 5.16. The van der Waals surface area contributed by atoms with Gasteiger partial charge < -0.3 is 5.11 Å². The van der Waals surface area contributed by atoms with Crippen molar-refractivity contribution in [3.05, 3.63) is 68.8 Å². The van der Waals surface area contributed by atoms with Crippen molar-refractivity contribution in [2.45, 2.75) is 6.10 Å². The zero-order chi connectivity index (χ0) is 15.1. The van der Waals surface area contributed by atoms with Crippen LogP contribution in [-0.2, 0) is 0 Å². The summed E-state index contributed by atoms with van der Waals surface area (Å²) >= 11 is 4.13. The third-order valence-corrected chi connectivity index (χ3v) is 4.90. The Hall–Kier alpha value is -1.37. The molecule has 1 N–H and O–H groups in total. The minimum absolute atomic E-state index is 0.0742. The Bertz CT molecular complexity index is 831. The Morgan fingerprint density at radius 3 is 2.57 bits per heavy atom. The van der Waals surface area contributed by atoms with Crippen molar-refractivity contribution in [3.8, 4) is 0 Å². The molecule has 0 amide bonds. The number of fused-ring (bicyclic) bond motifs is 1. The normalized spacial score (nSPS) is 12.8. The van der Waals surface area contributed by atoms with Gasteiger partial charge in [0.1, 0.15) is 23.6 Å². The van der Waals surface area contributed by atoms with Gasteiger partial charge in [-0.3, -0.25) is 0 Å². The van der Waals surface area contributed by atoms with Gasteiger partial charge in [0.2, 0.25) is 0 Å². The van der Waals surface area contributed by atoms with Crippen molar-refractivity contribution in [1.82, 2.24) is 0 Å². The number of benzene rings is 2. The second kappa shape index (κ2) is 5.44. The summed E-state index contributed by atoms with van der Waals surface area (Å²) in [5.41, 5.74) is -0.420. The topological polar surface area (TPSA) is 20.2 Å². The van der Waals surface area contributed by atoms with Gasteiger partial charge in [0.25, 0.3) is 0 Å². The van der Waals surface area contributed by atoms with E-state index in [2.05, 4.69) is 15.9 Å². The largest absolute Gasteiger partial charge is 0.383 e. The van der Waals surface area contributed by atoms with Crippen molar-refractivity contribution < 1.29 is 18.3 Å². The quantitative estimate of drug-likeness (QED) is 0.615. The number of thiophene rings is 1. The fourth-order valence-corrected chi connectivity index (χ4v) is 3.49. The van der Waals surface area contributed by atoms with Gasteiger partial charge in [0, 0.05) is 9.58 Å². The van der Waals surface area contributed by atoms with E-state index in [0.717, 1.165) is 10.8 Å². The predicted molar refractivity (Wildman–Crippen MR) is 79.9 cm³/mol. The molecular weight excluding hydrogens is 365 g/mol. The van der Waals surface area contributed by atoms with Crippen molar-refractivity contribution in [3.63, 3.8) is 0 Å². The monoisotopic (exact) mass is 372 g/mol. The second-order valence-corrected chi connectivity index (χ2v) is 6.46. The summed E-state index contributed by atoms with van der Waals surface area (Å²) in [6.07, 6.45) is -1.44. The van der Waals surface area contributed by atoms with Crippen LogP contribution in [0.15, 0.2) is 40.9 Å². The van der Waals surface area contributed by atoms with Crippen LogP contribution >= 0.6 is 27.3 Å². The Morgan fingerprint density at radius 1 is 1.05 bits per heavy atom. The Balaban J connectivity index is 2.12. The molecule has 0 aliphatic carbocycles.